The first-order valence-corrected chi connectivity index (χ1v) is 6.00. The molecular weight excluding hydrogens is 232 g/mol. The van der Waals surface area contributed by atoms with E-state index in [1.54, 1.807) is 6.07 Å². The lowest BCUT2D eigenvalue weighted by molar-refractivity contribution is 0.145. The molecule has 2 heterocycles. The minimum atomic E-state index is -0.238. The molecule has 0 unspecified atom stereocenters. The number of aliphatic hydroxyl groups excluding tert-OH is 1. The highest BCUT2D eigenvalue weighted by Gasteiger charge is 2.21. The Balaban J connectivity index is 2.33. The number of oxime groups is 1. The van der Waals surface area contributed by atoms with Gasteiger partial charge < -0.3 is 20.9 Å². The number of nitrogens with zero attached hydrogens (tertiary/aromatic N) is 3. The summed E-state index contributed by atoms with van der Waals surface area (Å²) in [5.74, 6) is 0.779. The molecule has 18 heavy (non-hydrogen) atoms. The van der Waals surface area contributed by atoms with E-state index in [1.807, 2.05) is 13.0 Å². The van der Waals surface area contributed by atoms with E-state index in [2.05, 4.69) is 15.0 Å². The maximum Gasteiger partial charge on any atom is 0.173 e. The summed E-state index contributed by atoms with van der Waals surface area (Å²) in [4.78, 5) is 6.53. The fraction of sp³-hybridized carbons (Fsp3) is 0.500. The predicted molar refractivity (Wildman–Crippen MR) is 68.9 cm³/mol. The van der Waals surface area contributed by atoms with Gasteiger partial charge in [0, 0.05) is 18.8 Å². The number of aryl methyl sites for hydroxylation is 1. The van der Waals surface area contributed by atoms with E-state index in [4.69, 9.17) is 10.9 Å². The summed E-state index contributed by atoms with van der Waals surface area (Å²) < 4.78 is 0. The third kappa shape index (κ3) is 2.53. The smallest absolute Gasteiger partial charge is 0.173 e. The average molecular weight is 250 g/mol. The molecule has 0 atom stereocenters. The number of amidine groups is 1. The lowest BCUT2D eigenvalue weighted by atomic mass is 10.1. The van der Waals surface area contributed by atoms with Gasteiger partial charge in [0.15, 0.2) is 5.84 Å². The van der Waals surface area contributed by atoms with Crippen molar-refractivity contribution in [1.82, 2.24) is 4.98 Å². The molecule has 1 saturated heterocycles. The molecule has 98 valence electrons. The van der Waals surface area contributed by atoms with Crippen LogP contribution in [0.25, 0.3) is 0 Å². The summed E-state index contributed by atoms with van der Waals surface area (Å²) in [7, 11) is 0. The van der Waals surface area contributed by atoms with Crippen LogP contribution in [0.2, 0.25) is 0 Å². The van der Waals surface area contributed by atoms with Gasteiger partial charge in [0.25, 0.3) is 0 Å². The molecule has 1 aliphatic heterocycles. The minimum Gasteiger partial charge on any atom is -0.409 e. The molecule has 0 amide bonds. The van der Waals surface area contributed by atoms with E-state index in [1.165, 1.54) is 0 Å². The molecule has 4 N–H and O–H groups in total. The van der Waals surface area contributed by atoms with E-state index in [9.17, 15) is 5.11 Å². The molecule has 0 radical (unpaired) electrons. The van der Waals surface area contributed by atoms with Gasteiger partial charge in [0.05, 0.1) is 11.7 Å². The molecule has 2 rings (SSSR count). The monoisotopic (exact) mass is 250 g/mol. The van der Waals surface area contributed by atoms with Crippen molar-refractivity contribution in [3.05, 3.63) is 23.4 Å². The van der Waals surface area contributed by atoms with Crippen molar-refractivity contribution in [2.45, 2.75) is 25.9 Å². The molecule has 0 spiro atoms. The average Bonchev–Trinajstić information content (AvgIpc) is 2.38. The highest BCUT2D eigenvalue weighted by Crippen LogP contribution is 2.22. The van der Waals surface area contributed by atoms with Crippen LogP contribution in [0.3, 0.4) is 0 Å². The Morgan fingerprint density at radius 1 is 1.44 bits per heavy atom. The van der Waals surface area contributed by atoms with E-state index < -0.39 is 0 Å². The molecule has 1 aromatic rings. The molecule has 1 fully saturated rings. The number of aliphatic hydroxyl groups is 1. The molecule has 0 saturated carbocycles. The topological polar surface area (TPSA) is 95.0 Å². The Hall–Kier alpha value is -1.82. The van der Waals surface area contributed by atoms with Crippen LogP contribution >= 0.6 is 0 Å². The lowest BCUT2D eigenvalue weighted by Gasteiger charge is -2.31. The summed E-state index contributed by atoms with van der Waals surface area (Å²) in [6.07, 6.45) is 1.19. The van der Waals surface area contributed by atoms with Gasteiger partial charge in [-0.05, 0) is 31.9 Å². The fourth-order valence-electron chi connectivity index (χ4n) is 2.12. The fourth-order valence-corrected chi connectivity index (χ4v) is 2.12. The first kappa shape index (κ1) is 12.6. The van der Waals surface area contributed by atoms with Gasteiger partial charge in [-0.3, -0.25) is 0 Å². The van der Waals surface area contributed by atoms with Crippen LogP contribution < -0.4 is 10.6 Å². The number of piperidine rings is 1. The summed E-state index contributed by atoms with van der Waals surface area (Å²) >= 11 is 0. The molecule has 1 aromatic heterocycles. The summed E-state index contributed by atoms with van der Waals surface area (Å²) in [5.41, 5.74) is 7.17. The maximum atomic E-state index is 9.52. The van der Waals surface area contributed by atoms with Crippen molar-refractivity contribution >= 4 is 11.7 Å². The van der Waals surface area contributed by atoms with Gasteiger partial charge in [-0.2, -0.15) is 0 Å². The molecule has 6 heteroatoms. The second-order valence-corrected chi connectivity index (χ2v) is 4.53. The number of hydrogen-bond acceptors (Lipinski definition) is 5. The first-order valence-electron chi connectivity index (χ1n) is 6.00. The zero-order chi connectivity index (χ0) is 13.1. The van der Waals surface area contributed by atoms with Crippen LogP contribution in [0.4, 0.5) is 5.82 Å². The largest absolute Gasteiger partial charge is 0.409 e. The van der Waals surface area contributed by atoms with Crippen LogP contribution in [-0.4, -0.2) is 40.3 Å². The summed E-state index contributed by atoms with van der Waals surface area (Å²) in [6, 6.07) is 3.63. The van der Waals surface area contributed by atoms with Crippen molar-refractivity contribution in [3.8, 4) is 0 Å². The Morgan fingerprint density at radius 2 is 2.11 bits per heavy atom. The van der Waals surface area contributed by atoms with E-state index in [-0.39, 0.29) is 11.9 Å². The van der Waals surface area contributed by atoms with Crippen LogP contribution in [0.15, 0.2) is 17.3 Å². The SMILES string of the molecule is Cc1ccc(C(N)=NO)c(N2CCC(O)CC2)n1. The van der Waals surface area contributed by atoms with Crippen LogP contribution in [0.5, 0.6) is 0 Å². The zero-order valence-electron chi connectivity index (χ0n) is 10.4. The van der Waals surface area contributed by atoms with E-state index >= 15 is 0 Å². The molecular formula is C12H18N4O2. The summed E-state index contributed by atoms with van der Waals surface area (Å²) in [5, 5.41) is 21.4. The lowest BCUT2D eigenvalue weighted by Crippen LogP contribution is -2.37. The number of nitrogens with two attached hydrogens (primary N) is 1. The maximum absolute atomic E-state index is 9.52. The van der Waals surface area contributed by atoms with Gasteiger partial charge in [-0.15, -0.1) is 0 Å². The number of hydrogen-bond donors (Lipinski definition) is 3. The quantitative estimate of drug-likeness (QED) is 0.306. The predicted octanol–water partition coefficient (Wildman–Crippen LogP) is 0.446. The number of rotatable bonds is 2. The third-order valence-corrected chi connectivity index (χ3v) is 3.16. The Bertz CT molecular complexity index is 453. The molecule has 1 aliphatic rings. The van der Waals surface area contributed by atoms with Crippen molar-refractivity contribution < 1.29 is 10.3 Å². The van der Waals surface area contributed by atoms with Crippen LogP contribution in [0.1, 0.15) is 24.1 Å². The van der Waals surface area contributed by atoms with Gasteiger partial charge in [0.1, 0.15) is 5.82 Å². The molecule has 6 nitrogen and oxygen atoms in total. The minimum absolute atomic E-state index is 0.0589. The Labute approximate surface area is 106 Å². The number of aromatic nitrogens is 1. The number of anilines is 1. The van der Waals surface area contributed by atoms with Crippen molar-refractivity contribution in [2.24, 2.45) is 10.9 Å². The Morgan fingerprint density at radius 3 is 2.72 bits per heavy atom. The van der Waals surface area contributed by atoms with Crippen LogP contribution in [-0.2, 0) is 0 Å². The highest BCUT2D eigenvalue weighted by atomic mass is 16.4. The first-order chi connectivity index (χ1) is 8.61. The van der Waals surface area contributed by atoms with Crippen molar-refractivity contribution in [3.63, 3.8) is 0 Å². The second-order valence-electron chi connectivity index (χ2n) is 4.53. The van der Waals surface area contributed by atoms with E-state index in [0.29, 0.717) is 18.4 Å². The van der Waals surface area contributed by atoms with Gasteiger partial charge in [-0.25, -0.2) is 4.98 Å². The second kappa shape index (κ2) is 5.22. The number of pyridine rings is 1. The zero-order valence-corrected chi connectivity index (χ0v) is 10.4. The Kier molecular flexibility index (Phi) is 3.66. The summed E-state index contributed by atoms with van der Waals surface area (Å²) in [6.45, 7) is 3.35. The molecule has 0 bridgehead atoms. The third-order valence-electron chi connectivity index (χ3n) is 3.16. The van der Waals surface area contributed by atoms with E-state index in [0.717, 1.165) is 24.6 Å². The van der Waals surface area contributed by atoms with Crippen molar-refractivity contribution in [2.75, 3.05) is 18.0 Å². The molecule has 0 aromatic carbocycles. The van der Waals surface area contributed by atoms with Gasteiger partial charge >= 0.3 is 0 Å². The van der Waals surface area contributed by atoms with Gasteiger partial charge in [0.2, 0.25) is 0 Å². The highest BCUT2D eigenvalue weighted by molar-refractivity contribution is 6.01. The van der Waals surface area contributed by atoms with Crippen molar-refractivity contribution in [1.29, 1.82) is 0 Å². The standard InChI is InChI=1S/C12H18N4O2/c1-8-2-3-10(11(13)15-18)12(14-8)16-6-4-9(17)5-7-16/h2-3,9,17-18H,4-7H2,1H3,(H2,13,15). The normalized spacial score (nSPS) is 18.1. The van der Waals surface area contributed by atoms with Gasteiger partial charge in [-0.1, -0.05) is 5.16 Å². The molecule has 0 aliphatic carbocycles. The van der Waals surface area contributed by atoms with Crippen LogP contribution in [0, 0.1) is 6.92 Å².